The lowest BCUT2D eigenvalue weighted by Gasteiger charge is -2.26. The van der Waals surface area contributed by atoms with Crippen LogP contribution in [0.5, 0.6) is 0 Å². The SMILES string of the molecule is CCC[C@H](C)NC(=O)c1cccc(CN2CCOCC2)c1. The first-order valence-electron chi connectivity index (χ1n) is 7.89. The molecule has 2 rings (SSSR count). The van der Waals surface area contributed by atoms with Crippen molar-refractivity contribution in [1.29, 1.82) is 0 Å². The van der Waals surface area contributed by atoms with Crippen LogP contribution >= 0.6 is 0 Å². The third-order valence-corrected chi connectivity index (χ3v) is 3.80. The molecule has 1 amide bonds. The van der Waals surface area contributed by atoms with E-state index in [9.17, 15) is 4.79 Å². The molecule has 1 fully saturated rings. The van der Waals surface area contributed by atoms with Crippen molar-refractivity contribution >= 4 is 5.91 Å². The molecule has 1 aromatic rings. The van der Waals surface area contributed by atoms with Gasteiger partial charge in [-0.2, -0.15) is 0 Å². The van der Waals surface area contributed by atoms with Crippen LogP contribution in [0.25, 0.3) is 0 Å². The van der Waals surface area contributed by atoms with Crippen molar-refractivity contribution in [3.8, 4) is 0 Å². The molecule has 1 aromatic carbocycles. The van der Waals surface area contributed by atoms with Gasteiger partial charge in [0.1, 0.15) is 0 Å². The zero-order chi connectivity index (χ0) is 15.1. The average Bonchev–Trinajstić information content (AvgIpc) is 2.49. The number of amides is 1. The summed E-state index contributed by atoms with van der Waals surface area (Å²) >= 11 is 0. The van der Waals surface area contributed by atoms with Crippen molar-refractivity contribution in [2.75, 3.05) is 26.3 Å². The number of hydrogen-bond donors (Lipinski definition) is 1. The average molecular weight is 290 g/mol. The summed E-state index contributed by atoms with van der Waals surface area (Å²) in [6, 6.07) is 8.17. The minimum Gasteiger partial charge on any atom is -0.379 e. The summed E-state index contributed by atoms with van der Waals surface area (Å²) in [5.41, 5.74) is 1.94. The van der Waals surface area contributed by atoms with E-state index in [-0.39, 0.29) is 11.9 Å². The molecule has 0 aromatic heterocycles. The van der Waals surface area contributed by atoms with Crippen LogP contribution in [0.15, 0.2) is 24.3 Å². The number of benzene rings is 1. The van der Waals surface area contributed by atoms with E-state index in [0.29, 0.717) is 0 Å². The highest BCUT2D eigenvalue weighted by Crippen LogP contribution is 2.10. The molecule has 1 N–H and O–H groups in total. The van der Waals surface area contributed by atoms with Crippen LogP contribution in [0.1, 0.15) is 42.6 Å². The number of rotatable bonds is 6. The van der Waals surface area contributed by atoms with Crippen molar-refractivity contribution in [2.45, 2.75) is 39.3 Å². The van der Waals surface area contributed by atoms with Gasteiger partial charge in [0.15, 0.2) is 0 Å². The summed E-state index contributed by atoms with van der Waals surface area (Å²) in [6.45, 7) is 8.59. The van der Waals surface area contributed by atoms with Crippen LogP contribution in [0, 0.1) is 0 Å². The van der Waals surface area contributed by atoms with E-state index in [1.54, 1.807) is 0 Å². The molecular weight excluding hydrogens is 264 g/mol. The first kappa shape index (κ1) is 16.0. The van der Waals surface area contributed by atoms with E-state index >= 15 is 0 Å². The van der Waals surface area contributed by atoms with Crippen LogP contribution in [-0.2, 0) is 11.3 Å². The molecule has 0 radical (unpaired) electrons. The highest BCUT2D eigenvalue weighted by Gasteiger charge is 2.13. The number of morpholine rings is 1. The quantitative estimate of drug-likeness (QED) is 0.875. The largest absolute Gasteiger partial charge is 0.379 e. The number of nitrogens with one attached hydrogen (secondary N) is 1. The number of carbonyl (C=O) groups is 1. The topological polar surface area (TPSA) is 41.6 Å². The van der Waals surface area contributed by atoms with E-state index in [0.717, 1.165) is 51.3 Å². The molecule has 1 aliphatic rings. The lowest BCUT2D eigenvalue weighted by Crippen LogP contribution is -2.35. The lowest BCUT2D eigenvalue weighted by atomic mass is 10.1. The van der Waals surface area contributed by atoms with E-state index in [2.05, 4.69) is 30.1 Å². The number of ether oxygens (including phenoxy) is 1. The van der Waals surface area contributed by atoms with Gasteiger partial charge < -0.3 is 10.1 Å². The van der Waals surface area contributed by atoms with Gasteiger partial charge in [-0.05, 0) is 31.0 Å². The van der Waals surface area contributed by atoms with Crippen LogP contribution in [-0.4, -0.2) is 43.2 Å². The van der Waals surface area contributed by atoms with E-state index < -0.39 is 0 Å². The fourth-order valence-corrected chi connectivity index (χ4v) is 2.64. The molecule has 4 nitrogen and oxygen atoms in total. The Balaban J connectivity index is 1.94. The predicted molar refractivity (Wildman–Crippen MR) is 84.4 cm³/mol. The summed E-state index contributed by atoms with van der Waals surface area (Å²) in [6.07, 6.45) is 2.09. The lowest BCUT2D eigenvalue weighted by molar-refractivity contribution is 0.0342. The molecule has 0 unspecified atom stereocenters. The van der Waals surface area contributed by atoms with E-state index in [1.807, 2.05) is 18.2 Å². The Morgan fingerprint density at radius 1 is 1.38 bits per heavy atom. The fraction of sp³-hybridized carbons (Fsp3) is 0.588. The van der Waals surface area contributed by atoms with Crippen molar-refractivity contribution in [3.63, 3.8) is 0 Å². The smallest absolute Gasteiger partial charge is 0.251 e. The van der Waals surface area contributed by atoms with Crippen molar-refractivity contribution in [2.24, 2.45) is 0 Å². The molecule has 4 heteroatoms. The van der Waals surface area contributed by atoms with E-state index in [1.165, 1.54) is 5.56 Å². The first-order chi connectivity index (χ1) is 10.2. The Morgan fingerprint density at radius 2 is 2.14 bits per heavy atom. The molecule has 1 heterocycles. The van der Waals surface area contributed by atoms with Gasteiger partial charge in [-0.1, -0.05) is 25.5 Å². The standard InChI is InChI=1S/C17H26N2O2/c1-3-5-14(2)18-17(20)16-7-4-6-15(12-16)13-19-8-10-21-11-9-19/h4,6-7,12,14H,3,5,8-11,13H2,1-2H3,(H,18,20)/t14-/m0/s1. The Labute approximate surface area is 127 Å². The summed E-state index contributed by atoms with van der Waals surface area (Å²) in [5.74, 6) is 0.0276. The van der Waals surface area contributed by atoms with Gasteiger partial charge in [-0.15, -0.1) is 0 Å². The van der Waals surface area contributed by atoms with Crippen LogP contribution in [0.2, 0.25) is 0 Å². The molecule has 0 saturated carbocycles. The summed E-state index contributed by atoms with van der Waals surface area (Å²) < 4.78 is 5.36. The maximum absolute atomic E-state index is 12.2. The third kappa shape index (κ3) is 5.14. The molecule has 1 aliphatic heterocycles. The van der Waals surface area contributed by atoms with Crippen LogP contribution in [0.3, 0.4) is 0 Å². The van der Waals surface area contributed by atoms with Gasteiger partial charge in [0.25, 0.3) is 5.91 Å². The zero-order valence-corrected chi connectivity index (χ0v) is 13.1. The second-order valence-corrected chi connectivity index (χ2v) is 5.75. The third-order valence-electron chi connectivity index (χ3n) is 3.80. The van der Waals surface area contributed by atoms with Gasteiger partial charge >= 0.3 is 0 Å². The molecular formula is C17H26N2O2. The predicted octanol–water partition coefficient (Wildman–Crippen LogP) is 2.44. The van der Waals surface area contributed by atoms with E-state index in [4.69, 9.17) is 4.74 Å². The van der Waals surface area contributed by atoms with Gasteiger partial charge in [-0.25, -0.2) is 0 Å². The maximum atomic E-state index is 12.2. The minimum absolute atomic E-state index is 0.0276. The second kappa shape index (κ2) is 8.15. The van der Waals surface area contributed by atoms with Gasteiger partial charge in [-0.3, -0.25) is 9.69 Å². The van der Waals surface area contributed by atoms with Crippen LogP contribution < -0.4 is 5.32 Å². The molecule has 0 aliphatic carbocycles. The summed E-state index contributed by atoms with van der Waals surface area (Å²) in [5, 5.41) is 3.06. The molecule has 1 atom stereocenters. The monoisotopic (exact) mass is 290 g/mol. The van der Waals surface area contributed by atoms with Gasteiger partial charge in [0, 0.05) is 31.2 Å². The fourth-order valence-electron chi connectivity index (χ4n) is 2.64. The molecule has 0 bridgehead atoms. The minimum atomic E-state index is 0.0276. The molecule has 21 heavy (non-hydrogen) atoms. The maximum Gasteiger partial charge on any atom is 0.251 e. The number of hydrogen-bond acceptors (Lipinski definition) is 3. The second-order valence-electron chi connectivity index (χ2n) is 5.75. The highest BCUT2D eigenvalue weighted by atomic mass is 16.5. The van der Waals surface area contributed by atoms with Crippen molar-refractivity contribution in [3.05, 3.63) is 35.4 Å². The Bertz CT molecular complexity index is 456. The highest BCUT2D eigenvalue weighted by molar-refractivity contribution is 5.94. The van der Waals surface area contributed by atoms with Crippen LogP contribution in [0.4, 0.5) is 0 Å². The number of carbonyl (C=O) groups excluding carboxylic acids is 1. The Hall–Kier alpha value is -1.39. The van der Waals surface area contributed by atoms with Gasteiger partial charge in [0.05, 0.1) is 13.2 Å². The first-order valence-corrected chi connectivity index (χ1v) is 7.89. The molecule has 0 spiro atoms. The van der Waals surface area contributed by atoms with Crippen molar-refractivity contribution in [1.82, 2.24) is 10.2 Å². The van der Waals surface area contributed by atoms with Crippen molar-refractivity contribution < 1.29 is 9.53 Å². The Morgan fingerprint density at radius 3 is 2.86 bits per heavy atom. The summed E-state index contributed by atoms with van der Waals surface area (Å²) in [4.78, 5) is 14.6. The van der Waals surface area contributed by atoms with Gasteiger partial charge in [0.2, 0.25) is 0 Å². The molecule has 116 valence electrons. The number of nitrogens with zero attached hydrogens (tertiary/aromatic N) is 1. The molecule has 1 saturated heterocycles. The normalized spacial score (nSPS) is 17.4. The summed E-state index contributed by atoms with van der Waals surface area (Å²) in [7, 11) is 0. The zero-order valence-electron chi connectivity index (χ0n) is 13.1. The Kier molecular flexibility index (Phi) is 6.21.